The second kappa shape index (κ2) is 4.84. The molecule has 2 heteroatoms. The fourth-order valence-electron chi connectivity index (χ4n) is 2.31. The molecule has 0 spiro atoms. The molecule has 0 aromatic heterocycles. The molecule has 0 bridgehead atoms. The van der Waals surface area contributed by atoms with Gasteiger partial charge in [-0.15, -0.1) is 0 Å². The van der Waals surface area contributed by atoms with Gasteiger partial charge in [0, 0.05) is 18.5 Å². The molecule has 1 saturated carbocycles. The zero-order valence-electron chi connectivity index (χ0n) is 10.8. The van der Waals surface area contributed by atoms with Gasteiger partial charge in [0.1, 0.15) is 0 Å². The summed E-state index contributed by atoms with van der Waals surface area (Å²) >= 11 is 0. The van der Waals surface area contributed by atoms with Crippen LogP contribution >= 0.6 is 0 Å². The van der Waals surface area contributed by atoms with E-state index < -0.39 is 0 Å². The van der Waals surface area contributed by atoms with E-state index in [9.17, 15) is 5.11 Å². The van der Waals surface area contributed by atoms with E-state index in [4.69, 9.17) is 0 Å². The highest BCUT2D eigenvalue weighted by Crippen LogP contribution is 2.35. The lowest BCUT2D eigenvalue weighted by Gasteiger charge is -2.39. The van der Waals surface area contributed by atoms with E-state index in [-0.39, 0.29) is 11.5 Å². The molecule has 2 nitrogen and oxygen atoms in total. The lowest BCUT2D eigenvalue weighted by Crippen LogP contribution is -2.45. The number of aliphatic hydroxyl groups excluding tert-OH is 1. The molecule has 2 atom stereocenters. The molecule has 0 aromatic carbocycles. The fourth-order valence-corrected chi connectivity index (χ4v) is 2.31. The summed E-state index contributed by atoms with van der Waals surface area (Å²) < 4.78 is 0. The van der Waals surface area contributed by atoms with E-state index >= 15 is 0 Å². The van der Waals surface area contributed by atoms with Crippen molar-refractivity contribution < 1.29 is 5.11 Å². The molecular formula is C13H27NO. The average molecular weight is 213 g/mol. The van der Waals surface area contributed by atoms with Crippen molar-refractivity contribution in [2.24, 2.45) is 10.8 Å². The van der Waals surface area contributed by atoms with Crippen molar-refractivity contribution in [1.29, 1.82) is 0 Å². The molecule has 0 saturated heterocycles. The van der Waals surface area contributed by atoms with Crippen LogP contribution in [0, 0.1) is 10.8 Å². The Balaban J connectivity index is 2.35. The van der Waals surface area contributed by atoms with Gasteiger partial charge in [-0.25, -0.2) is 0 Å². The molecule has 1 aliphatic carbocycles. The van der Waals surface area contributed by atoms with Gasteiger partial charge in [-0.2, -0.15) is 0 Å². The predicted octanol–water partition coefficient (Wildman–Crippen LogP) is 2.56. The van der Waals surface area contributed by atoms with Crippen LogP contribution in [0.5, 0.6) is 0 Å². The average Bonchev–Trinajstić information content (AvgIpc) is 2.08. The van der Waals surface area contributed by atoms with E-state index in [2.05, 4.69) is 33.0 Å². The van der Waals surface area contributed by atoms with Crippen molar-refractivity contribution >= 4 is 0 Å². The van der Waals surface area contributed by atoms with Gasteiger partial charge in [-0.1, -0.05) is 40.5 Å². The third kappa shape index (κ3) is 4.12. The Morgan fingerprint density at radius 2 is 2.00 bits per heavy atom. The summed E-state index contributed by atoms with van der Waals surface area (Å²) in [4.78, 5) is 0. The molecule has 0 aromatic rings. The normalized spacial score (nSPS) is 33.0. The van der Waals surface area contributed by atoms with Crippen LogP contribution in [0.1, 0.15) is 53.4 Å². The Kier molecular flexibility index (Phi) is 4.19. The highest BCUT2D eigenvalue weighted by Gasteiger charge is 2.34. The van der Waals surface area contributed by atoms with Crippen molar-refractivity contribution in [1.82, 2.24) is 5.32 Å². The maximum Gasteiger partial charge on any atom is 0.0605 e. The Morgan fingerprint density at radius 1 is 1.33 bits per heavy atom. The Labute approximate surface area is 94.5 Å². The number of nitrogens with one attached hydrogen (secondary N) is 1. The molecule has 0 amide bonds. The molecular weight excluding hydrogens is 186 g/mol. The van der Waals surface area contributed by atoms with Crippen LogP contribution in [0.4, 0.5) is 0 Å². The van der Waals surface area contributed by atoms with Crippen LogP contribution in [0.3, 0.4) is 0 Å². The summed E-state index contributed by atoms with van der Waals surface area (Å²) in [7, 11) is 0. The standard InChI is InChI=1S/C13H27NO/c1-12(2,3)9-14-10-13(4)8-6-5-7-11(13)15/h11,14-15H,5-10H2,1-4H3. The largest absolute Gasteiger partial charge is 0.393 e. The molecule has 1 aliphatic rings. The summed E-state index contributed by atoms with van der Waals surface area (Å²) in [6.07, 6.45) is 4.48. The van der Waals surface area contributed by atoms with Crippen molar-refractivity contribution in [3.63, 3.8) is 0 Å². The van der Waals surface area contributed by atoms with Crippen molar-refractivity contribution in [2.75, 3.05) is 13.1 Å². The Morgan fingerprint density at radius 3 is 2.53 bits per heavy atom. The molecule has 0 radical (unpaired) electrons. The highest BCUT2D eigenvalue weighted by molar-refractivity contribution is 4.88. The van der Waals surface area contributed by atoms with Gasteiger partial charge < -0.3 is 10.4 Å². The van der Waals surface area contributed by atoms with E-state index in [0.29, 0.717) is 5.41 Å². The van der Waals surface area contributed by atoms with Gasteiger partial charge in [0.15, 0.2) is 0 Å². The first-order valence-corrected chi connectivity index (χ1v) is 6.22. The molecule has 2 unspecified atom stereocenters. The number of hydrogen-bond acceptors (Lipinski definition) is 2. The van der Waals surface area contributed by atoms with Gasteiger partial charge in [-0.05, 0) is 18.3 Å². The van der Waals surface area contributed by atoms with Crippen LogP contribution in [0.25, 0.3) is 0 Å². The van der Waals surface area contributed by atoms with Crippen LogP contribution < -0.4 is 5.32 Å². The maximum absolute atomic E-state index is 10.0. The van der Waals surface area contributed by atoms with Gasteiger partial charge in [0.05, 0.1) is 6.10 Å². The first-order valence-electron chi connectivity index (χ1n) is 6.22. The van der Waals surface area contributed by atoms with E-state index in [1.807, 2.05) is 0 Å². The lowest BCUT2D eigenvalue weighted by atomic mass is 9.73. The van der Waals surface area contributed by atoms with E-state index in [1.165, 1.54) is 12.8 Å². The topological polar surface area (TPSA) is 32.3 Å². The quantitative estimate of drug-likeness (QED) is 0.755. The first-order chi connectivity index (χ1) is 6.83. The van der Waals surface area contributed by atoms with Gasteiger partial charge >= 0.3 is 0 Å². The van der Waals surface area contributed by atoms with Gasteiger partial charge in [0.25, 0.3) is 0 Å². The number of rotatable bonds is 3. The SMILES string of the molecule is CC(C)(C)CNCC1(C)CCCCC1O. The van der Waals surface area contributed by atoms with Crippen molar-refractivity contribution in [2.45, 2.75) is 59.5 Å². The molecule has 0 aliphatic heterocycles. The highest BCUT2D eigenvalue weighted by atomic mass is 16.3. The van der Waals surface area contributed by atoms with Crippen molar-refractivity contribution in [3.8, 4) is 0 Å². The minimum Gasteiger partial charge on any atom is -0.393 e. The van der Waals surface area contributed by atoms with Crippen LogP contribution in [0.15, 0.2) is 0 Å². The summed E-state index contributed by atoms with van der Waals surface area (Å²) in [6, 6.07) is 0. The summed E-state index contributed by atoms with van der Waals surface area (Å²) in [6.45, 7) is 10.9. The molecule has 0 heterocycles. The minimum atomic E-state index is -0.112. The van der Waals surface area contributed by atoms with Crippen molar-refractivity contribution in [3.05, 3.63) is 0 Å². The zero-order valence-corrected chi connectivity index (χ0v) is 10.8. The second-order valence-corrected chi connectivity index (χ2v) is 6.58. The molecule has 90 valence electrons. The monoisotopic (exact) mass is 213 g/mol. The summed E-state index contributed by atoms with van der Waals surface area (Å²) in [5, 5.41) is 13.5. The number of aliphatic hydroxyl groups is 1. The van der Waals surface area contributed by atoms with Gasteiger partial charge in [0.2, 0.25) is 0 Å². The summed E-state index contributed by atoms with van der Waals surface area (Å²) in [5.41, 5.74) is 0.430. The lowest BCUT2D eigenvalue weighted by molar-refractivity contribution is 0.000346. The third-order valence-corrected chi connectivity index (χ3v) is 3.46. The van der Waals surface area contributed by atoms with E-state index in [0.717, 1.165) is 25.9 Å². The van der Waals surface area contributed by atoms with Crippen LogP contribution in [-0.4, -0.2) is 24.3 Å². The van der Waals surface area contributed by atoms with Gasteiger partial charge in [-0.3, -0.25) is 0 Å². The zero-order chi connectivity index (χ0) is 11.5. The summed E-state index contributed by atoms with van der Waals surface area (Å²) in [5.74, 6) is 0. The molecule has 2 N–H and O–H groups in total. The van der Waals surface area contributed by atoms with Crippen LogP contribution in [0.2, 0.25) is 0 Å². The molecule has 15 heavy (non-hydrogen) atoms. The Hall–Kier alpha value is -0.0800. The number of hydrogen-bond donors (Lipinski definition) is 2. The maximum atomic E-state index is 10.0. The van der Waals surface area contributed by atoms with E-state index in [1.54, 1.807) is 0 Å². The molecule has 1 fully saturated rings. The fraction of sp³-hybridized carbons (Fsp3) is 1.00. The molecule has 1 rings (SSSR count). The Bertz CT molecular complexity index is 197. The predicted molar refractivity (Wildman–Crippen MR) is 64.9 cm³/mol. The van der Waals surface area contributed by atoms with Crippen LogP contribution in [-0.2, 0) is 0 Å². The minimum absolute atomic E-state index is 0.101. The second-order valence-electron chi connectivity index (χ2n) is 6.58. The third-order valence-electron chi connectivity index (χ3n) is 3.46. The smallest absolute Gasteiger partial charge is 0.0605 e. The first kappa shape index (κ1) is 13.0.